The molecule has 0 fully saturated rings. The monoisotopic (exact) mass is 338 g/mol. The van der Waals surface area contributed by atoms with Gasteiger partial charge in [-0.1, -0.05) is 27.0 Å². The zero-order valence-corrected chi connectivity index (χ0v) is 13.8. The Bertz CT molecular complexity index is 253. The SMILES string of the molecule is C=CC(=O)O.C=CC(=O)O.CCCOCCC.OCC(O)CO. The van der Waals surface area contributed by atoms with Gasteiger partial charge in [0.05, 0.1) is 13.2 Å². The summed E-state index contributed by atoms with van der Waals surface area (Å²) in [5.74, 6) is -1.96. The second-order valence-electron chi connectivity index (χ2n) is 3.72. The number of aliphatic hydroxyl groups excluding tert-OH is 3. The molecule has 0 aliphatic carbocycles. The molecule has 0 aliphatic heterocycles. The second kappa shape index (κ2) is 28.4. The first kappa shape index (κ1) is 29.3. The maximum atomic E-state index is 9.25. The largest absolute Gasteiger partial charge is 0.478 e. The minimum absolute atomic E-state index is 0.365. The Morgan fingerprint density at radius 2 is 1.22 bits per heavy atom. The summed E-state index contributed by atoms with van der Waals surface area (Å²) in [5, 5.41) is 39.2. The Labute approximate surface area is 137 Å². The number of carboxylic acid groups (broad SMARTS) is 2. The third-order valence-electron chi connectivity index (χ3n) is 1.47. The molecule has 0 rings (SSSR count). The van der Waals surface area contributed by atoms with Crippen LogP contribution in [0.15, 0.2) is 25.3 Å². The van der Waals surface area contributed by atoms with Crippen molar-refractivity contribution in [1.82, 2.24) is 0 Å². The minimum Gasteiger partial charge on any atom is -0.478 e. The summed E-state index contributed by atoms with van der Waals surface area (Å²) in [6.45, 7) is 11.3. The number of hydrogen-bond acceptors (Lipinski definition) is 6. The van der Waals surface area contributed by atoms with Gasteiger partial charge in [-0.3, -0.25) is 0 Å². The average molecular weight is 338 g/mol. The molecule has 0 aromatic heterocycles. The van der Waals surface area contributed by atoms with E-state index in [9.17, 15) is 9.59 Å². The van der Waals surface area contributed by atoms with E-state index in [1.807, 2.05) is 0 Å². The van der Waals surface area contributed by atoms with E-state index in [-0.39, 0.29) is 13.2 Å². The van der Waals surface area contributed by atoms with Crippen LogP contribution < -0.4 is 0 Å². The highest BCUT2D eigenvalue weighted by atomic mass is 16.5. The topological polar surface area (TPSA) is 145 Å². The highest BCUT2D eigenvalue weighted by Crippen LogP contribution is 1.81. The number of hydrogen-bond donors (Lipinski definition) is 5. The van der Waals surface area contributed by atoms with Crippen LogP contribution in [0, 0.1) is 0 Å². The van der Waals surface area contributed by atoms with Gasteiger partial charge in [-0.15, -0.1) is 0 Å². The third-order valence-corrected chi connectivity index (χ3v) is 1.47. The molecule has 0 aromatic rings. The average Bonchev–Trinajstić information content (AvgIpc) is 2.56. The number of aliphatic carboxylic acids is 2. The summed E-state index contributed by atoms with van der Waals surface area (Å²) in [5.41, 5.74) is 0. The van der Waals surface area contributed by atoms with Crippen molar-refractivity contribution < 1.29 is 39.9 Å². The normalized spacial score (nSPS) is 8.26. The zero-order valence-electron chi connectivity index (χ0n) is 13.8. The number of rotatable bonds is 8. The molecule has 23 heavy (non-hydrogen) atoms. The molecular weight excluding hydrogens is 308 g/mol. The van der Waals surface area contributed by atoms with Gasteiger partial charge in [0.25, 0.3) is 0 Å². The summed E-state index contributed by atoms with van der Waals surface area (Å²) >= 11 is 0. The molecule has 0 heterocycles. The van der Waals surface area contributed by atoms with Gasteiger partial charge in [-0.2, -0.15) is 0 Å². The Balaban J connectivity index is -0.000000106. The molecule has 0 bridgehead atoms. The van der Waals surface area contributed by atoms with Gasteiger partial charge < -0.3 is 30.3 Å². The van der Waals surface area contributed by atoms with Gasteiger partial charge in [0.15, 0.2) is 0 Å². The lowest BCUT2D eigenvalue weighted by atomic mass is 10.4. The van der Waals surface area contributed by atoms with Crippen molar-refractivity contribution in [3.8, 4) is 0 Å². The van der Waals surface area contributed by atoms with E-state index in [2.05, 4.69) is 27.0 Å². The molecule has 0 spiro atoms. The molecule has 0 saturated heterocycles. The summed E-state index contributed by atoms with van der Waals surface area (Å²) < 4.78 is 5.13. The van der Waals surface area contributed by atoms with E-state index in [0.717, 1.165) is 38.2 Å². The number of ether oxygens (including phenoxy) is 1. The van der Waals surface area contributed by atoms with Crippen molar-refractivity contribution in [1.29, 1.82) is 0 Å². The summed E-state index contributed by atoms with van der Waals surface area (Å²) in [7, 11) is 0. The fourth-order valence-electron chi connectivity index (χ4n) is 0.448. The molecule has 0 radical (unpaired) electrons. The quantitative estimate of drug-likeness (QED) is 0.321. The van der Waals surface area contributed by atoms with Gasteiger partial charge in [-0.25, -0.2) is 9.59 Å². The van der Waals surface area contributed by atoms with Crippen LogP contribution in [0.25, 0.3) is 0 Å². The van der Waals surface area contributed by atoms with Gasteiger partial charge in [-0.05, 0) is 12.8 Å². The summed E-state index contributed by atoms with van der Waals surface area (Å²) in [6.07, 6.45) is 2.99. The van der Waals surface area contributed by atoms with Crippen LogP contribution in [-0.4, -0.2) is 70.0 Å². The second-order valence-corrected chi connectivity index (χ2v) is 3.72. The Hall–Kier alpha value is -1.74. The minimum atomic E-state index is -0.981. The standard InChI is InChI=1S/C6H14O.C3H8O3.2C3H4O2/c1-3-5-7-6-4-2;4-1-3(6)2-5;2*1-2-3(4)5/h3-6H2,1-2H3;3-6H,1-2H2;2*2H,1H2,(H,4,5). The van der Waals surface area contributed by atoms with Crippen LogP contribution in [-0.2, 0) is 14.3 Å². The van der Waals surface area contributed by atoms with Crippen LogP contribution in [0.3, 0.4) is 0 Å². The lowest BCUT2D eigenvalue weighted by Crippen LogP contribution is -2.15. The highest BCUT2D eigenvalue weighted by Gasteiger charge is 1.93. The Morgan fingerprint density at radius 3 is 1.30 bits per heavy atom. The molecule has 0 aliphatic rings. The highest BCUT2D eigenvalue weighted by molar-refractivity contribution is 5.79. The molecule has 0 saturated carbocycles. The molecular formula is C15H30O8. The first-order chi connectivity index (χ1) is 10.8. The van der Waals surface area contributed by atoms with Crippen molar-refractivity contribution in [3.63, 3.8) is 0 Å². The Kier molecular flexibility index (Phi) is 36.2. The number of carboxylic acids is 2. The van der Waals surface area contributed by atoms with E-state index in [4.69, 9.17) is 30.3 Å². The van der Waals surface area contributed by atoms with Crippen LogP contribution in [0.4, 0.5) is 0 Å². The van der Waals surface area contributed by atoms with Crippen molar-refractivity contribution in [2.75, 3.05) is 26.4 Å². The third kappa shape index (κ3) is 64.2. The van der Waals surface area contributed by atoms with Gasteiger partial charge >= 0.3 is 11.9 Å². The predicted octanol–water partition coefficient (Wildman–Crippen LogP) is 0.669. The van der Waals surface area contributed by atoms with E-state index in [0.29, 0.717) is 0 Å². The summed E-state index contributed by atoms with van der Waals surface area (Å²) in [6, 6.07) is 0. The zero-order chi connectivity index (χ0) is 19.1. The first-order valence-corrected chi connectivity index (χ1v) is 6.95. The van der Waals surface area contributed by atoms with Crippen LogP contribution in [0.5, 0.6) is 0 Å². The molecule has 0 atom stereocenters. The maximum Gasteiger partial charge on any atom is 0.327 e. The van der Waals surface area contributed by atoms with Crippen molar-refractivity contribution >= 4 is 11.9 Å². The number of carbonyl (C=O) groups is 2. The predicted molar refractivity (Wildman–Crippen MR) is 87.2 cm³/mol. The van der Waals surface area contributed by atoms with Crippen molar-refractivity contribution in [3.05, 3.63) is 25.3 Å². The molecule has 0 amide bonds. The van der Waals surface area contributed by atoms with Crippen molar-refractivity contribution in [2.24, 2.45) is 0 Å². The molecule has 0 unspecified atom stereocenters. The lowest BCUT2D eigenvalue weighted by molar-refractivity contribution is -0.132. The molecule has 8 nitrogen and oxygen atoms in total. The van der Waals surface area contributed by atoms with E-state index in [1.165, 1.54) is 0 Å². The fraction of sp³-hybridized carbons (Fsp3) is 0.600. The van der Waals surface area contributed by atoms with E-state index < -0.39 is 18.0 Å². The van der Waals surface area contributed by atoms with E-state index >= 15 is 0 Å². The van der Waals surface area contributed by atoms with Crippen molar-refractivity contribution in [2.45, 2.75) is 32.8 Å². The van der Waals surface area contributed by atoms with E-state index in [1.54, 1.807) is 0 Å². The summed E-state index contributed by atoms with van der Waals surface area (Å²) in [4.78, 5) is 18.5. The smallest absolute Gasteiger partial charge is 0.327 e. The molecule has 5 N–H and O–H groups in total. The van der Waals surface area contributed by atoms with Gasteiger partial charge in [0, 0.05) is 25.4 Å². The van der Waals surface area contributed by atoms with Crippen LogP contribution >= 0.6 is 0 Å². The van der Waals surface area contributed by atoms with Gasteiger partial charge in [0.2, 0.25) is 0 Å². The fourth-order valence-corrected chi connectivity index (χ4v) is 0.448. The number of aliphatic hydroxyl groups is 3. The lowest BCUT2D eigenvalue weighted by Gasteiger charge is -1.96. The van der Waals surface area contributed by atoms with Gasteiger partial charge in [0.1, 0.15) is 6.10 Å². The first-order valence-electron chi connectivity index (χ1n) is 6.95. The molecule has 8 heteroatoms. The van der Waals surface area contributed by atoms with Crippen LogP contribution in [0.2, 0.25) is 0 Å². The maximum absolute atomic E-state index is 9.25. The van der Waals surface area contributed by atoms with Crippen LogP contribution in [0.1, 0.15) is 26.7 Å². The molecule has 0 aromatic carbocycles. The molecule has 138 valence electrons. The Morgan fingerprint density at radius 1 is 0.957 bits per heavy atom.